The molecule has 2 aliphatic heterocycles. The minimum absolute atomic E-state index is 0.0328. The van der Waals surface area contributed by atoms with E-state index in [0.29, 0.717) is 31.3 Å². The number of amides is 2. The van der Waals surface area contributed by atoms with Crippen molar-refractivity contribution in [2.45, 2.75) is 32.6 Å². The fraction of sp³-hybridized carbons (Fsp3) is 0.600. The topological polar surface area (TPSA) is 70.7 Å². The zero-order valence-corrected chi connectivity index (χ0v) is 15.5. The Bertz CT molecular complexity index is 628. The fourth-order valence-corrected chi connectivity index (χ4v) is 3.81. The van der Waals surface area contributed by atoms with Crippen molar-refractivity contribution in [3.05, 3.63) is 24.3 Å². The number of anilines is 1. The van der Waals surface area contributed by atoms with Crippen LogP contribution in [0.2, 0.25) is 0 Å². The van der Waals surface area contributed by atoms with Crippen LogP contribution in [0.5, 0.6) is 5.75 Å². The van der Waals surface area contributed by atoms with Gasteiger partial charge in [0.25, 0.3) is 5.91 Å². The normalized spacial score (nSPS) is 18.8. The molecule has 1 saturated heterocycles. The molecule has 26 heavy (non-hydrogen) atoms. The summed E-state index contributed by atoms with van der Waals surface area (Å²) in [5, 5.41) is 6.37. The standard InChI is InChI=1S/C20H29N3O3/c1-15(16-7-10-21-11-8-16)13-19(24)22-9-4-12-23-17-5-2-3-6-18(17)26-14-20(23)25/h2-3,5-6,15-16,21H,4,7-14H2,1H3,(H,22,24). The highest BCUT2D eigenvalue weighted by Crippen LogP contribution is 2.31. The smallest absolute Gasteiger partial charge is 0.265 e. The van der Waals surface area contributed by atoms with E-state index < -0.39 is 0 Å². The monoisotopic (exact) mass is 359 g/mol. The summed E-state index contributed by atoms with van der Waals surface area (Å²) in [5.74, 6) is 1.89. The molecule has 2 aliphatic rings. The van der Waals surface area contributed by atoms with Gasteiger partial charge in [-0.3, -0.25) is 9.59 Å². The molecule has 142 valence electrons. The molecule has 0 spiro atoms. The van der Waals surface area contributed by atoms with Gasteiger partial charge < -0.3 is 20.3 Å². The number of hydrogen-bond donors (Lipinski definition) is 2. The predicted molar refractivity (Wildman–Crippen MR) is 101 cm³/mol. The van der Waals surface area contributed by atoms with Crippen LogP contribution in [-0.4, -0.2) is 44.6 Å². The van der Waals surface area contributed by atoms with Gasteiger partial charge in [0.1, 0.15) is 5.75 Å². The summed E-state index contributed by atoms with van der Waals surface area (Å²) in [4.78, 5) is 26.0. The summed E-state index contributed by atoms with van der Waals surface area (Å²) >= 11 is 0. The van der Waals surface area contributed by atoms with Crippen molar-refractivity contribution in [3.8, 4) is 5.75 Å². The number of fused-ring (bicyclic) bond motifs is 1. The van der Waals surface area contributed by atoms with Crippen molar-refractivity contribution in [2.24, 2.45) is 11.8 Å². The van der Waals surface area contributed by atoms with Crippen molar-refractivity contribution < 1.29 is 14.3 Å². The maximum atomic E-state index is 12.2. The van der Waals surface area contributed by atoms with Gasteiger partial charge in [0, 0.05) is 19.5 Å². The van der Waals surface area contributed by atoms with E-state index in [1.807, 2.05) is 24.3 Å². The lowest BCUT2D eigenvalue weighted by molar-refractivity contribution is -0.122. The van der Waals surface area contributed by atoms with E-state index in [4.69, 9.17) is 4.74 Å². The first-order chi connectivity index (χ1) is 12.6. The van der Waals surface area contributed by atoms with Crippen LogP contribution in [0.25, 0.3) is 0 Å². The van der Waals surface area contributed by atoms with Gasteiger partial charge in [0.2, 0.25) is 5.91 Å². The van der Waals surface area contributed by atoms with Crippen molar-refractivity contribution >= 4 is 17.5 Å². The molecule has 0 saturated carbocycles. The first kappa shape index (κ1) is 18.7. The number of benzene rings is 1. The highest BCUT2D eigenvalue weighted by atomic mass is 16.5. The quantitative estimate of drug-likeness (QED) is 0.730. The molecule has 0 aliphatic carbocycles. The van der Waals surface area contributed by atoms with E-state index in [1.165, 1.54) is 0 Å². The molecule has 2 N–H and O–H groups in total. The number of ether oxygens (including phenoxy) is 1. The molecule has 0 bridgehead atoms. The van der Waals surface area contributed by atoms with Crippen LogP contribution in [0, 0.1) is 11.8 Å². The third-order valence-electron chi connectivity index (χ3n) is 5.38. The number of nitrogens with zero attached hydrogens (tertiary/aromatic N) is 1. The summed E-state index contributed by atoms with van der Waals surface area (Å²) in [7, 11) is 0. The number of piperidine rings is 1. The molecular weight excluding hydrogens is 330 g/mol. The third-order valence-corrected chi connectivity index (χ3v) is 5.38. The van der Waals surface area contributed by atoms with Crippen molar-refractivity contribution in [1.82, 2.24) is 10.6 Å². The largest absolute Gasteiger partial charge is 0.482 e. The number of para-hydroxylation sites is 2. The van der Waals surface area contributed by atoms with Gasteiger partial charge in [-0.05, 0) is 56.3 Å². The molecule has 2 amide bonds. The highest BCUT2D eigenvalue weighted by Gasteiger charge is 2.25. The van der Waals surface area contributed by atoms with Crippen LogP contribution in [0.1, 0.15) is 32.6 Å². The average molecular weight is 359 g/mol. The summed E-state index contributed by atoms with van der Waals surface area (Å²) in [6.45, 7) is 5.56. The van der Waals surface area contributed by atoms with Gasteiger partial charge in [-0.15, -0.1) is 0 Å². The Morgan fingerprint density at radius 2 is 2.12 bits per heavy atom. The lowest BCUT2D eigenvalue weighted by atomic mass is 9.84. The molecule has 1 aromatic carbocycles. The Labute approximate surface area is 155 Å². The van der Waals surface area contributed by atoms with E-state index in [2.05, 4.69) is 17.6 Å². The van der Waals surface area contributed by atoms with Gasteiger partial charge in [0.05, 0.1) is 5.69 Å². The predicted octanol–water partition coefficient (Wildman–Crippen LogP) is 1.94. The zero-order valence-electron chi connectivity index (χ0n) is 15.5. The third kappa shape index (κ3) is 4.75. The van der Waals surface area contributed by atoms with Gasteiger partial charge in [-0.2, -0.15) is 0 Å². The van der Waals surface area contributed by atoms with Crippen LogP contribution >= 0.6 is 0 Å². The Balaban J connectivity index is 1.40. The van der Waals surface area contributed by atoms with Crippen LogP contribution in [0.15, 0.2) is 24.3 Å². The molecule has 6 nitrogen and oxygen atoms in total. The minimum Gasteiger partial charge on any atom is -0.482 e. The Morgan fingerprint density at radius 1 is 1.35 bits per heavy atom. The van der Waals surface area contributed by atoms with E-state index in [1.54, 1.807) is 4.90 Å². The van der Waals surface area contributed by atoms with Crippen LogP contribution in [0.4, 0.5) is 5.69 Å². The van der Waals surface area contributed by atoms with Crippen LogP contribution < -0.4 is 20.3 Å². The van der Waals surface area contributed by atoms with Crippen molar-refractivity contribution in [2.75, 3.05) is 37.7 Å². The Morgan fingerprint density at radius 3 is 2.92 bits per heavy atom. The molecule has 3 rings (SSSR count). The molecular formula is C20H29N3O3. The SMILES string of the molecule is CC(CC(=O)NCCCN1C(=O)COc2ccccc21)C1CCNCC1. The van der Waals surface area contributed by atoms with E-state index in [9.17, 15) is 9.59 Å². The maximum absolute atomic E-state index is 12.2. The average Bonchev–Trinajstić information content (AvgIpc) is 2.67. The molecule has 1 unspecified atom stereocenters. The van der Waals surface area contributed by atoms with Gasteiger partial charge in [-0.1, -0.05) is 19.1 Å². The number of carbonyl (C=O) groups excluding carboxylic acids is 2. The van der Waals surface area contributed by atoms with Crippen LogP contribution in [0.3, 0.4) is 0 Å². The lowest BCUT2D eigenvalue weighted by Crippen LogP contribution is -2.40. The minimum atomic E-state index is -0.0328. The summed E-state index contributed by atoms with van der Waals surface area (Å²) in [6, 6.07) is 7.57. The van der Waals surface area contributed by atoms with E-state index in [0.717, 1.165) is 43.8 Å². The van der Waals surface area contributed by atoms with Crippen molar-refractivity contribution in [1.29, 1.82) is 0 Å². The number of rotatable bonds is 7. The van der Waals surface area contributed by atoms with E-state index >= 15 is 0 Å². The molecule has 1 fully saturated rings. The second kappa shape index (κ2) is 9.03. The molecule has 1 atom stereocenters. The molecule has 2 heterocycles. The van der Waals surface area contributed by atoms with E-state index in [-0.39, 0.29) is 18.4 Å². The number of hydrogen-bond acceptors (Lipinski definition) is 4. The molecule has 0 radical (unpaired) electrons. The molecule has 1 aromatic rings. The number of nitrogens with one attached hydrogen (secondary N) is 2. The molecule has 0 aromatic heterocycles. The molecule has 6 heteroatoms. The van der Waals surface area contributed by atoms with Gasteiger partial charge in [0.15, 0.2) is 6.61 Å². The Hall–Kier alpha value is -2.08. The number of carbonyl (C=O) groups is 2. The van der Waals surface area contributed by atoms with Gasteiger partial charge >= 0.3 is 0 Å². The first-order valence-electron chi connectivity index (χ1n) is 9.65. The summed E-state index contributed by atoms with van der Waals surface area (Å²) < 4.78 is 5.45. The summed E-state index contributed by atoms with van der Waals surface area (Å²) in [5.41, 5.74) is 0.814. The van der Waals surface area contributed by atoms with Crippen molar-refractivity contribution in [3.63, 3.8) is 0 Å². The second-order valence-electron chi connectivity index (χ2n) is 7.27. The first-order valence-corrected chi connectivity index (χ1v) is 9.65. The summed E-state index contributed by atoms with van der Waals surface area (Å²) in [6.07, 6.45) is 3.64. The zero-order chi connectivity index (χ0) is 18.4. The Kier molecular flexibility index (Phi) is 6.50. The van der Waals surface area contributed by atoms with Gasteiger partial charge in [-0.25, -0.2) is 0 Å². The lowest BCUT2D eigenvalue weighted by Gasteiger charge is -2.29. The maximum Gasteiger partial charge on any atom is 0.265 e. The fourth-order valence-electron chi connectivity index (χ4n) is 3.81. The second-order valence-corrected chi connectivity index (χ2v) is 7.27. The highest BCUT2D eigenvalue weighted by molar-refractivity contribution is 5.97. The van der Waals surface area contributed by atoms with Crippen LogP contribution in [-0.2, 0) is 9.59 Å².